The highest BCUT2D eigenvalue weighted by Gasteiger charge is 2.23. The van der Waals surface area contributed by atoms with Crippen molar-refractivity contribution in [2.45, 2.75) is 20.0 Å². The number of benzene rings is 2. The first kappa shape index (κ1) is 18.5. The number of likely N-dealkylation sites (N-methyl/N-ethyl adjacent to an activating group) is 1. The van der Waals surface area contributed by atoms with Crippen LogP contribution in [0.1, 0.15) is 25.0 Å². The molecule has 0 fully saturated rings. The molecule has 0 bridgehead atoms. The molecular weight excluding hydrogens is 352 g/mol. The minimum atomic E-state index is -0.0293. The molecule has 1 aliphatic heterocycles. The number of halogens is 1. The Kier molecular flexibility index (Phi) is 6.01. The third-order valence-electron chi connectivity index (χ3n) is 4.49. The largest absolute Gasteiger partial charge is 0.486 e. The molecule has 1 aliphatic rings. The van der Waals surface area contributed by atoms with E-state index in [4.69, 9.17) is 21.1 Å². The monoisotopic (exact) mass is 374 g/mol. The normalized spacial score (nSPS) is 16.8. The van der Waals surface area contributed by atoms with Crippen molar-refractivity contribution in [3.63, 3.8) is 0 Å². The number of ether oxygens (including phenoxy) is 2. The Morgan fingerprint density at radius 2 is 1.92 bits per heavy atom. The Morgan fingerprint density at radius 3 is 2.62 bits per heavy atom. The van der Waals surface area contributed by atoms with Gasteiger partial charge in [-0.05, 0) is 43.4 Å². The number of oxime groups is 1. The van der Waals surface area contributed by atoms with Gasteiger partial charge in [0.1, 0.15) is 18.4 Å². The molecular formula is C20H23ClN2O3. The average molecular weight is 375 g/mol. The number of rotatable bonds is 6. The van der Waals surface area contributed by atoms with Crippen LogP contribution in [0, 0.1) is 0 Å². The van der Waals surface area contributed by atoms with Crippen molar-refractivity contribution >= 4 is 17.3 Å². The molecule has 5 nitrogen and oxygen atoms in total. The van der Waals surface area contributed by atoms with E-state index in [0.29, 0.717) is 28.8 Å². The topological polar surface area (TPSA) is 54.3 Å². The molecule has 138 valence electrons. The maximum Gasteiger partial charge on any atom is 0.162 e. The van der Waals surface area contributed by atoms with Crippen molar-refractivity contribution in [1.82, 2.24) is 4.90 Å². The van der Waals surface area contributed by atoms with E-state index in [1.54, 1.807) is 12.1 Å². The van der Waals surface area contributed by atoms with Crippen LogP contribution in [0.2, 0.25) is 5.02 Å². The second kappa shape index (κ2) is 8.43. The molecule has 2 aromatic rings. The molecule has 2 aromatic carbocycles. The first-order valence-electron chi connectivity index (χ1n) is 8.78. The Bertz CT molecular complexity index is 790. The zero-order valence-corrected chi connectivity index (χ0v) is 15.7. The molecule has 1 heterocycles. The summed E-state index contributed by atoms with van der Waals surface area (Å²) in [6.07, 6.45) is -0.0293. The van der Waals surface area contributed by atoms with Gasteiger partial charge in [0.25, 0.3) is 0 Å². The molecule has 26 heavy (non-hydrogen) atoms. The average Bonchev–Trinajstić information content (AvgIpc) is 2.66. The second-order valence-corrected chi connectivity index (χ2v) is 6.59. The van der Waals surface area contributed by atoms with Gasteiger partial charge >= 0.3 is 0 Å². The van der Waals surface area contributed by atoms with Gasteiger partial charge in [-0.3, -0.25) is 0 Å². The summed E-state index contributed by atoms with van der Waals surface area (Å²) in [7, 11) is 0. The number of hydrogen-bond acceptors (Lipinski definition) is 5. The van der Waals surface area contributed by atoms with E-state index in [2.05, 4.69) is 23.9 Å². The fourth-order valence-corrected chi connectivity index (χ4v) is 3.23. The van der Waals surface area contributed by atoms with E-state index in [9.17, 15) is 5.21 Å². The summed E-state index contributed by atoms with van der Waals surface area (Å²) in [5.74, 6) is 1.36. The van der Waals surface area contributed by atoms with E-state index in [0.717, 1.165) is 30.8 Å². The maximum absolute atomic E-state index is 9.53. The lowest BCUT2D eigenvalue weighted by Gasteiger charge is -2.30. The van der Waals surface area contributed by atoms with Crippen LogP contribution in [0.4, 0.5) is 0 Å². The zero-order chi connectivity index (χ0) is 18.5. The molecule has 0 aromatic heterocycles. The molecule has 1 atom stereocenters. The highest BCUT2D eigenvalue weighted by Crippen LogP contribution is 2.33. The third kappa shape index (κ3) is 4.11. The van der Waals surface area contributed by atoms with E-state index in [1.165, 1.54) is 0 Å². The van der Waals surface area contributed by atoms with Gasteiger partial charge in [-0.1, -0.05) is 42.7 Å². The molecule has 0 saturated heterocycles. The summed E-state index contributed by atoms with van der Waals surface area (Å²) >= 11 is 6.06. The van der Waals surface area contributed by atoms with Gasteiger partial charge in [0.15, 0.2) is 11.5 Å². The quantitative estimate of drug-likeness (QED) is 0.471. The van der Waals surface area contributed by atoms with Crippen LogP contribution >= 0.6 is 11.6 Å². The lowest BCUT2D eigenvalue weighted by molar-refractivity contribution is 0.0615. The van der Waals surface area contributed by atoms with E-state index >= 15 is 0 Å². The lowest BCUT2D eigenvalue weighted by atomic mass is 10.0. The molecule has 3 rings (SSSR count). The summed E-state index contributed by atoms with van der Waals surface area (Å²) in [6.45, 7) is 7.55. The van der Waals surface area contributed by atoms with Gasteiger partial charge in [-0.15, -0.1) is 0 Å². The zero-order valence-electron chi connectivity index (χ0n) is 15.0. The van der Waals surface area contributed by atoms with E-state index in [-0.39, 0.29) is 6.10 Å². The first-order chi connectivity index (χ1) is 12.6. The number of nitrogens with zero attached hydrogens (tertiary/aromatic N) is 2. The Hall–Kier alpha value is -2.24. The lowest BCUT2D eigenvalue weighted by Crippen LogP contribution is -2.40. The Balaban J connectivity index is 1.84. The van der Waals surface area contributed by atoms with Crippen molar-refractivity contribution in [3.05, 3.63) is 58.6 Å². The standard InChI is InChI=1S/C20H23ClN2O3/c1-3-23(4-2)12-17-13-25-18-9-8-15(11-19(18)26-17)20(22-24)14-6-5-7-16(21)10-14/h5-11,17,24H,3-4,12-13H2,1-2H3. The van der Waals surface area contributed by atoms with Gasteiger partial charge < -0.3 is 19.6 Å². The van der Waals surface area contributed by atoms with Crippen LogP contribution in [0.5, 0.6) is 11.5 Å². The van der Waals surface area contributed by atoms with Crippen molar-refractivity contribution in [2.75, 3.05) is 26.2 Å². The predicted molar refractivity (Wildman–Crippen MR) is 103 cm³/mol. The van der Waals surface area contributed by atoms with E-state index in [1.807, 2.05) is 30.3 Å². The van der Waals surface area contributed by atoms with Crippen LogP contribution < -0.4 is 9.47 Å². The SMILES string of the molecule is CCN(CC)CC1COc2ccc(C(=NO)c3cccc(Cl)c3)cc2O1. The Labute approximate surface area is 158 Å². The fourth-order valence-electron chi connectivity index (χ4n) is 3.04. The minimum Gasteiger partial charge on any atom is -0.486 e. The van der Waals surface area contributed by atoms with Gasteiger partial charge in [-0.25, -0.2) is 0 Å². The van der Waals surface area contributed by atoms with Crippen LogP contribution in [0.15, 0.2) is 47.6 Å². The van der Waals surface area contributed by atoms with Gasteiger partial charge in [0.05, 0.1) is 0 Å². The summed E-state index contributed by atoms with van der Waals surface area (Å²) in [4.78, 5) is 2.30. The number of fused-ring (bicyclic) bond motifs is 1. The first-order valence-corrected chi connectivity index (χ1v) is 9.16. The predicted octanol–water partition coefficient (Wildman–Crippen LogP) is 4.05. The molecule has 0 spiro atoms. The third-order valence-corrected chi connectivity index (χ3v) is 4.72. The van der Waals surface area contributed by atoms with E-state index < -0.39 is 0 Å². The minimum absolute atomic E-state index is 0.0293. The molecule has 1 unspecified atom stereocenters. The molecule has 0 saturated carbocycles. The fraction of sp³-hybridized carbons (Fsp3) is 0.350. The highest BCUT2D eigenvalue weighted by atomic mass is 35.5. The van der Waals surface area contributed by atoms with Crippen LogP contribution in [0.3, 0.4) is 0 Å². The molecule has 0 amide bonds. The van der Waals surface area contributed by atoms with Crippen LogP contribution in [0.25, 0.3) is 0 Å². The van der Waals surface area contributed by atoms with Crippen LogP contribution in [-0.4, -0.2) is 48.2 Å². The van der Waals surface area contributed by atoms with Gasteiger partial charge in [0, 0.05) is 22.7 Å². The van der Waals surface area contributed by atoms with Crippen molar-refractivity contribution < 1.29 is 14.7 Å². The molecule has 0 aliphatic carbocycles. The second-order valence-electron chi connectivity index (χ2n) is 6.16. The van der Waals surface area contributed by atoms with Gasteiger partial charge in [-0.2, -0.15) is 0 Å². The molecule has 6 heteroatoms. The summed E-state index contributed by atoms with van der Waals surface area (Å²) in [5, 5.41) is 13.6. The highest BCUT2D eigenvalue weighted by molar-refractivity contribution is 6.31. The number of hydrogen-bond donors (Lipinski definition) is 1. The molecule has 0 radical (unpaired) electrons. The smallest absolute Gasteiger partial charge is 0.162 e. The van der Waals surface area contributed by atoms with Crippen LogP contribution in [-0.2, 0) is 0 Å². The summed E-state index contributed by atoms with van der Waals surface area (Å²) < 4.78 is 12.0. The van der Waals surface area contributed by atoms with Crippen molar-refractivity contribution in [3.8, 4) is 11.5 Å². The van der Waals surface area contributed by atoms with Crippen molar-refractivity contribution in [2.24, 2.45) is 5.16 Å². The summed E-state index contributed by atoms with van der Waals surface area (Å²) in [5.41, 5.74) is 1.90. The maximum atomic E-state index is 9.53. The van der Waals surface area contributed by atoms with Gasteiger partial charge in [0.2, 0.25) is 0 Å². The summed E-state index contributed by atoms with van der Waals surface area (Å²) in [6, 6.07) is 12.7. The Morgan fingerprint density at radius 1 is 1.15 bits per heavy atom. The molecule has 1 N–H and O–H groups in total. The van der Waals surface area contributed by atoms with Crippen molar-refractivity contribution in [1.29, 1.82) is 0 Å².